The fraction of sp³-hybridized carbons (Fsp3) is 0.571. The number of thioether (sulfide) groups is 5. The van der Waals surface area contributed by atoms with Crippen molar-refractivity contribution >= 4 is 58.8 Å². The molecule has 0 bridgehead atoms. The van der Waals surface area contributed by atoms with E-state index >= 15 is 0 Å². The van der Waals surface area contributed by atoms with Crippen LogP contribution in [0, 0.1) is 0 Å². The topological polar surface area (TPSA) is 68.2 Å². The van der Waals surface area contributed by atoms with E-state index in [2.05, 4.69) is 23.5 Å². The second kappa shape index (κ2) is 16.7. The van der Waals surface area contributed by atoms with Crippen LogP contribution < -0.4 is 14.2 Å². The number of aliphatic hydroxyl groups excluding tert-OH is 2. The van der Waals surface area contributed by atoms with E-state index in [1.165, 1.54) is 29.4 Å². The monoisotopic (exact) mass is 614 g/mol. The van der Waals surface area contributed by atoms with Crippen LogP contribution in [0.15, 0.2) is 48.5 Å². The van der Waals surface area contributed by atoms with Gasteiger partial charge < -0.3 is 24.4 Å². The first-order valence-electron chi connectivity index (χ1n) is 13.1. The SMILES string of the molecule is CC(Oc1ccc(Oc2ccc(OCC(O)CSCCC3SCCS3)cc2)cc1)C(O)CCC1SCCS1. The van der Waals surface area contributed by atoms with Crippen molar-refractivity contribution in [3.8, 4) is 23.0 Å². The Hall–Kier alpha value is -0.490. The molecule has 2 N–H and O–H groups in total. The number of aliphatic hydroxyl groups is 2. The summed E-state index contributed by atoms with van der Waals surface area (Å²) in [4.78, 5) is 0. The zero-order valence-corrected chi connectivity index (χ0v) is 25.8. The molecule has 2 heterocycles. The van der Waals surface area contributed by atoms with Gasteiger partial charge in [0.2, 0.25) is 0 Å². The number of benzene rings is 2. The van der Waals surface area contributed by atoms with Gasteiger partial charge in [-0.3, -0.25) is 0 Å². The average molecular weight is 615 g/mol. The van der Waals surface area contributed by atoms with Crippen molar-refractivity contribution in [2.75, 3.05) is 41.1 Å². The summed E-state index contributed by atoms with van der Waals surface area (Å²) in [6.07, 6.45) is 1.75. The summed E-state index contributed by atoms with van der Waals surface area (Å²) in [7, 11) is 0. The lowest BCUT2D eigenvalue weighted by Gasteiger charge is -2.21. The quantitative estimate of drug-likeness (QED) is 0.196. The molecule has 0 amide bonds. The van der Waals surface area contributed by atoms with Gasteiger partial charge in [0.15, 0.2) is 0 Å². The summed E-state index contributed by atoms with van der Waals surface area (Å²) in [6.45, 7) is 2.20. The molecule has 4 rings (SSSR count). The number of rotatable bonds is 16. The zero-order chi connectivity index (χ0) is 26.6. The highest BCUT2D eigenvalue weighted by molar-refractivity contribution is 8.20. The molecule has 2 aromatic carbocycles. The average Bonchev–Trinajstić information content (AvgIpc) is 3.65. The van der Waals surface area contributed by atoms with Crippen molar-refractivity contribution in [1.82, 2.24) is 0 Å². The van der Waals surface area contributed by atoms with Gasteiger partial charge >= 0.3 is 0 Å². The van der Waals surface area contributed by atoms with Gasteiger partial charge in [-0.05, 0) is 80.5 Å². The molecule has 0 spiro atoms. The molecule has 0 aliphatic carbocycles. The lowest BCUT2D eigenvalue weighted by Crippen LogP contribution is -2.29. The molecule has 2 aliphatic heterocycles. The molecule has 0 radical (unpaired) electrons. The van der Waals surface area contributed by atoms with E-state index in [0.717, 1.165) is 23.2 Å². The lowest BCUT2D eigenvalue weighted by molar-refractivity contribution is 0.0412. The molecule has 5 nitrogen and oxygen atoms in total. The summed E-state index contributed by atoms with van der Waals surface area (Å²) < 4.78 is 19.0. The molecule has 38 heavy (non-hydrogen) atoms. The highest BCUT2D eigenvalue weighted by Gasteiger charge is 2.21. The van der Waals surface area contributed by atoms with E-state index in [0.29, 0.717) is 33.3 Å². The van der Waals surface area contributed by atoms with Crippen molar-refractivity contribution in [3.05, 3.63) is 48.5 Å². The Labute approximate surface area is 248 Å². The second-order valence-electron chi connectivity index (χ2n) is 9.18. The first kappa shape index (κ1) is 30.5. The van der Waals surface area contributed by atoms with Gasteiger partial charge in [-0.15, -0.1) is 47.0 Å². The number of hydrogen-bond acceptors (Lipinski definition) is 10. The third kappa shape index (κ3) is 10.8. The maximum Gasteiger partial charge on any atom is 0.127 e. The Kier molecular flexibility index (Phi) is 13.4. The first-order chi connectivity index (χ1) is 18.5. The maximum atomic E-state index is 10.5. The molecule has 10 heteroatoms. The molecule has 3 atom stereocenters. The van der Waals surface area contributed by atoms with Gasteiger partial charge in [0, 0.05) is 28.8 Å². The van der Waals surface area contributed by atoms with Gasteiger partial charge in [-0.2, -0.15) is 11.8 Å². The van der Waals surface area contributed by atoms with Crippen LogP contribution in [-0.2, 0) is 0 Å². The van der Waals surface area contributed by atoms with Crippen molar-refractivity contribution in [3.63, 3.8) is 0 Å². The molecular formula is C28H38O5S5. The molecule has 0 saturated carbocycles. The molecule has 0 aromatic heterocycles. The summed E-state index contributed by atoms with van der Waals surface area (Å²) in [6, 6.07) is 14.9. The predicted molar refractivity (Wildman–Crippen MR) is 169 cm³/mol. The van der Waals surface area contributed by atoms with Crippen LogP contribution in [0.1, 0.15) is 26.2 Å². The van der Waals surface area contributed by atoms with E-state index in [1.54, 1.807) is 11.8 Å². The van der Waals surface area contributed by atoms with E-state index in [9.17, 15) is 10.2 Å². The van der Waals surface area contributed by atoms with Crippen LogP contribution in [0.3, 0.4) is 0 Å². The van der Waals surface area contributed by atoms with Gasteiger partial charge in [-0.25, -0.2) is 0 Å². The summed E-state index contributed by atoms with van der Waals surface area (Å²) in [5, 5.41) is 20.7. The van der Waals surface area contributed by atoms with Gasteiger partial charge in [0.25, 0.3) is 0 Å². The standard InChI is InChI=1S/C28H38O5S5/c1-20(26(30)10-11-27-35-14-15-36-27)32-23-6-8-25(9-7-23)33-24-4-2-22(3-5-24)31-18-21(29)19-34-13-12-28-37-16-17-38-28/h2-9,20-21,26-30H,10-19H2,1H3. The molecule has 210 valence electrons. The Balaban J connectivity index is 1.12. The second-order valence-corrected chi connectivity index (χ2v) is 16.2. The highest BCUT2D eigenvalue weighted by atomic mass is 32.2. The zero-order valence-electron chi connectivity index (χ0n) is 21.7. The molecule has 2 aliphatic rings. The minimum Gasteiger partial charge on any atom is -0.491 e. The largest absolute Gasteiger partial charge is 0.491 e. The van der Waals surface area contributed by atoms with Crippen LogP contribution in [0.4, 0.5) is 0 Å². The Morgan fingerprint density at radius 1 is 0.789 bits per heavy atom. The number of hydrogen-bond donors (Lipinski definition) is 2. The normalized spacial score (nSPS) is 18.8. The summed E-state index contributed by atoms with van der Waals surface area (Å²) >= 11 is 9.89. The van der Waals surface area contributed by atoms with Crippen LogP contribution in [0.25, 0.3) is 0 Å². The molecule has 2 fully saturated rings. The molecule has 2 aromatic rings. The molecule has 2 saturated heterocycles. The van der Waals surface area contributed by atoms with Gasteiger partial charge in [0.05, 0.1) is 21.4 Å². The Morgan fingerprint density at radius 2 is 1.32 bits per heavy atom. The van der Waals surface area contributed by atoms with Crippen molar-refractivity contribution in [1.29, 1.82) is 0 Å². The number of ether oxygens (including phenoxy) is 3. The minimum absolute atomic E-state index is 0.266. The van der Waals surface area contributed by atoms with Crippen LogP contribution in [-0.4, -0.2) is 78.8 Å². The van der Waals surface area contributed by atoms with Crippen LogP contribution >= 0.6 is 58.8 Å². The van der Waals surface area contributed by atoms with E-state index < -0.39 is 12.2 Å². The highest BCUT2D eigenvalue weighted by Crippen LogP contribution is 2.36. The van der Waals surface area contributed by atoms with Gasteiger partial charge in [0.1, 0.15) is 35.7 Å². The third-order valence-corrected chi connectivity index (χ3v) is 13.6. The summed E-state index contributed by atoms with van der Waals surface area (Å²) in [5.74, 6) is 9.58. The van der Waals surface area contributed by atoms with E-state index in [4.69, 9.17) is 14.2 Å². The lowest BCUT2D eigenvalue weighted by atomic mass is 10.1. The van der Waals surface area contributed by atoms with Crippen molar-refractivity contribution in [2.45, 2.75) is 53.7 Å². The maximum absolute atomic E-state index is 10.5. The van der Waals surface area contributed by atoms with E-state index in [-0.39, 0.29) is 12.7 Å². The molecule has 3 unspecified atom stereocenters. The fourth-order valence-electron chi connectivity index (χ4n) is 3.95. The Bertz CT molecular complexity index is 920. The summed E-state index contributed by atoms with van der Waals surface area (Å²) in [5.41, 5.74) is 0. The minimum atomic E-state index is -0.478. The smallest absolute Gasteiger partial charge is 0.127 e. The van der Waals surface area contributed by atoms with E-state index in [1.807, 2.05) is 79.0 Å². The van der Waals surface area contributed by atoms with Crippen LogP contribution in [0.2, 0.25) is 0 Å². The van der Waals surface area contributed by atoms with Crippen molar-refractivity contribution in [2.24, 2.45) is 0 Å². The first-order valence-corrected chi connectivity index (χ1v) is 18.5. The Morgan fingerprint density at radius 3 is 1.92 bits per heavy atom. The predicted octanol–water partition coefficient (Wildman–Crippen LogP) is 6.86. The van der Waals surface area contributed by atoms with Gasteiger partial charge in [-0.1, -0.05) is 0 Å². The molecular weight excluding hydrogens is 577 g/mol. The third-order valence-electron chi connectivity index (χ3n) is 6.08. The van der Waals surface area contributed by atoms with Crippen LogP contribution in [0.5, 0.6) is 23.0 Å². The van der Waals surface area contributed by atoms with Crippen molar-refractivity contribution < 1.29 is 24.4 Å². The fourth-order valence-corrected chi connectivity index (χ4v) is 10.9.